The standard InChI is InChI=1S/C21H22N4O2/c1-14-11-19(15(2)25(14)18-9-6-10-22-13-18)20(26)23-17-8-5-7-16(12-17)21(27)24(3)4/h5-13H,1-4H3,(H,23,26). The monoisotopic (exact) mass is 362 g/mol. The van der Waals surface area contributed by atoms with Gasteiger partial charge < -0.3 is 14.8 Å². The summed E-state index contributed by atoms with van der Waals surface area (Å²) in [6.45, 7) is 3.86. The Labute approximate surface area is 158 Å². The van der Waals surface area contributed by atoms with Gasteiger partial charge in [0, 0.05) is 42.9 Å². The quantitative estimate of drug-likeness (QED) is 0.773. The van der Waals surface area contributed by atoms with Crippen molar-refractivity contribution in [2.24, 2.45) is 0 Å². The van der Waals surface area contributed by atoms with Crippen LogP contribution in [0, 0.1) is 13.8 Å². The van der Waals surface area contributed by atoms with E-state index in [4.69, 9.17) is 0 Å². The first kappa shape index (κ1) is 18.4. The van der Waals surface area contributed by atoms with Gasteiger partial charge in [0.2, 0.25) is 0 Å². The molecule has 6 heteroatoms. The van der Waals surface area contributed by atoms with E-state index in [2.05, 4.69) is 10.3 Å². The summed E-state index contributed by atoms with van der Waals surface area (Å²) < 4.78 is 1.99. The number of pyridine rings is 1. The Balaban J connectivity index is 1.88. The molecule has 138 valence electrons. The summed E-state index contributed by atoms with van der Waals surface area (Å²) >= 11 is 0. The van der Waals surface area contributed by atoms with Crippen molar-refractivity contribution in [1.82, 2.24) is 14.5 Å². The molecule has 27 heavy (non-hydrogen) atoms. The molecule has 0 spiro atoms. The van der Waals surface area contributed by atoms with Crippen LogP contribution in [0.15, 0.2) is 54.9 Å². The largest absolute Gasteiger partial charge is 0.345 e. The summed E-state index contributed by atoms with van der Waals surface area (Å²) in [6.07, 6.45) is 3.48. The Morgan fingerprint density at radius 1 is 1.07 bits per heavy atom. The first-order valence-electron chi connectivity index (χ1n) is 8.61. The Morgan fingerprint density at radius 2 is 1.85 bits per heavy atom. The highest BCUT2D eigenvalue weighted by Crippen LogP contribution is 2.22. The first-order chi connectivity index (χ1) is 12.9. The van der Waals surface area contributed by atoms with Crippen LogP contribution in [0.5, 0.6) is 0 Å². The van der Waals surface area contributed by atoms with E-state index >= 15 is 0 Å². The van der Waals surface area contributed by atoms with E-state index in [1.165, 1.54) is 4.90 Å². The van der Waals surface area contributed by atoms with Crippen molar-refractivity contribution < 1.29 is 9.59 Å². The van der Waals surface area contributed by atoms with Crippen LogP contribution in [0.2, 0.25) is 0 Å². The lowest BCUT2D eigenvalue weighted by Gasteiger charge is -2.12. The number of rotatable bonds is 4. The maximum absolute atomic E-state index is 12.8. The van der Waals surface area contributed by atoms with Gasteiger partial charge in [-0.2, -0.15) is 0 Å². The second-order valence-electron chi connectivity index (χ2n) is 6.57. The fourth-order valence-corrected chi connectivity index (χ4v) is 3.06. The van der Waals surface area contributed by atoms with E-state index in [-0.39, 0.29) is 11.8 Å². The third-order valence-electron chi connectivity index (χ3n) is 4.35. The highest BCUT2D eigenvalue weighted by molar-refractivity contribution is 6.06. The molecule has 2 heterocycles. The predicted octanol–water partition coefficient (Wildman–Crippen LogP) is 3.44. The molecule has 0 aliphatic heterocycles. The van der Waals surface area contributed by atoms with Gasteiger partial charge in [-0.25, -0.2) is 0 Å². The van der Waals surface area contributed by atoms with Crippen molar-refractivity contribution >= 4 is 17.5 Å². The zero-order chi connectivity index (χ0) is 19.6. The number of benzene rings is 1. The van der Waals surface area contributed by atoms with Crippen LogP contribution in [0.1, 0.15) is 32.1 Å². The zero-order valence-electron chi connectivity index (χ0n) is 15.9. The molecule has 3 aromatic rings. The van der Waals surface area contributed by atoms with Crippen molar-refractivity contribution in [3.63, 3.8) is 0 Å². The number of amides is 2. The van der Waals surface area contributed by atoms with Crippen LogP contribution < -0.4 is 5.32 Å². The molecule has 0 saturated heterocycles. The summed E-state index contributed by atoms with van der Waals surface area (Å²) in [5.74, 6) is -0.325. The normalized spacial score (nSPS) is 10.5. The third-order valence-corrected chi connectivity index (χ3v) is 4.35. The number of hydrogen-bond donors (Lipinski definition) is 1. The predicted molar refractivity (Wildman–Crippen MR) is 105 cm³/mol. The summed E-state index contributed by atoms with van der Waals surface area (Å²) in [5, 5.41) is 2.89. The number of aromatic nitrogens is 2. The fraction of sp³-hybridized carbons (Fsp3) is 0.190. The number of carbonyl (C=O) groups excluding carboxylic acids is 2. The number of carbonyl (C=O) groups is 2. The van der Waals surface area contributed by atoms with Crippen LogP contribution in [-0.4, -0.2) is 40.4 Å². The molecule has 6 nitrogen and oxygen atoms in total. The lowest BCUT2D eigenvalue weighted by molar-refractivity contribution is 0.0827. The van der Waals surface area contributed by atoms with E-state index in [0.29, 0.717) is 16.8 Å². The van der Waals surface area contributed by atoms with Crippen molar-refractivity contribution in [2.75, 3.05) is 19.4 Å². The fourth-order valence-electron chi connectivity index (χ4n) is 3.06. The maximum Gasteiger partial charge on any atom is 0.257 e. The van der Waals surface area contributed by atoms with Crippen LogP contribution in [0.25, 0.3) is 5.69 Å². The molecule has 1 aromatic carbocycles. The van der Waals surface area contributed by atoms with Gasteiger partial charge >= 0.3 is 0 Å². The number of aryl methyl sites for hydroxylation is 1. The van der Waals surface area contributed by atoms with Gasteiger partial charge in [-0.05, 0) is 50.2 Å². The molecule has 2 amide bonds. The van der Waals surface area contributed by atoms with Crippen molar-refractivity contribution in [3.8, 4) is 5.69 Å². The molecule has 3 rings (SSSR count). The van der Waals surface area contributed by atoms with Gasteiger partial charge in [0.05, 0.1) is 17.4 Å². The molecule has 0 atom stereocenters. The van der Waals surface area contributed by atoms with Crippen LogP contribution in [-0.2, 0) is 0 Å². The average molecular weight is 362 g/mol. The highest BCUT2D eigenvalue weighted by Gasteiger charge is 2.17. The molecular weight excluding hydrogens is 340 g/mol. The molecule has 0 fully saturated rings. The van der Waals surface area contributed by atoms with E-state index in [1.54, 1.807) is 50.8 Å². The lowest BCUT2D eigenvalue weighted by atomic mass is 10.1. The van der Waals surface area contributed by atoms with Gasteiger partial charge in [0.1, 0.15) is 0 Å². The van der Waals surface area contributed by atoms with E-state index < -0.39 is 0 Å². The van der Waals surface area contributed by atoms with Gasteiger partial charge in [0.15, 0.2) is 0 Å². The van der Waals surface area contributed by atoms with Crippen LogP contribution >= 0.6 is 0 Å². The highest BCUT2D eigenvalue weighted by atomic mass is 16.2. The van der Waals surface area contributed by atoms with E-state index in [1.807, 2.05) is 36.6 Å². The number of anilines is 1. The van der Waals surface area contributed by atoms with Gasteiger partial charge in [-0.1, -0.05) is 6.07 Å². The number of nitrogens with one attached hydrogen (secondary N) is 1. The van der Waals surface area contributed by atoms with Gasteiger partial charge in [0.25, 0.3) is 11.8 Å². The van der Waals surface area contributed by atoms with E-state index in [0.717, 1.165) is 17.1 Å². The SMILES string of the molecule is Cc1cc(C(=O)Nc2cccc(C(=O)N(C)C)c2)c(C)n1-c1cccnc1. The minimum absolute atomic E-state index is 0.110. The second-order valence-corrected chi connectivity index (χ2v) is 6.57. The summed E-state index contributed by atoms with van der Waals surface area (Å²) in [5.41, 5.74) is 4.38. The van der Waals surface area contributed by atoms with Gasteiger partial charge in [-0.15, -0.1) is 0 Å². The molecule has 0 aliphatic rings. The molecule has 0 radical (unpaired) electrons. The van der Waals surface area contributed by atoms with Crippen molar-refractivity contribution in [1.29, 1.82) is 0 Å². The molecule has 1 N–H and O–H groups in total. The summed E-state index contributed by atoms with van der Waals surface area (Å²) in [4.78, 5) is 30.6. The Bertz CT molecular complexity index is 991. The molecule has 2 aromatic heterocycles. The topological polar surface area (TPSA) is 67.2 Å². The first-order valence-corrected chi connectivity index (χ1v) is 8.61. The van der Waals surface area contributed by atoms with Crippen molar-refractivity contribution in [3.05, 3.63) is 77.4 Å². The second kappa shape index (κ2) is 7.45. The Hall–Kier alpha value is -3.41. The zero-order valence-corrected chi connectivity index (χ0v) is 15.9. The molecular formula is C21H22N4O2. The molecule has 0 aliphatic carbocycles. The summed E-state index contributed by atoms with van der Waals surface area (Å²) in [6, 6.07) is 12.6. The maximum atomic E-state index is 12.8. The average Bonchev–Trinajstić information content (AvgIpc) is 2.96. The van der Waals surface area contributed by atoms with Gasteiger partial charge in [-0.3, -0.25) is 14.6 Å². The lowest BCUT2D eigenvalue weighted by Crippen LogP contribution is -2.22. The minimum atomic E-state index is -0.215. The minimum Gasteiger partial charge on any atom is -0.345 e. The van der Waals surface area contributed by atoms with Crippen LogP contribution in [0.4, 0.5) is 5.69 Å². The van der Waals surface area contributed by atoms with Crippen LogP contribution in [0.3, 0.4) is 0 Å². The number of hydrogen-bond acceptors (Lipinski definition) is 3. The summed E-state index contributed by atoms with van der Waals surface area (Å²) in [7, 11) is 3.39. The third kappa shape index (κ3) is 3.74. The van der Waals surface area contributed by atoms with E-state index in [9.17, 15) is 9.59 Å². The number of nitrogens with zero attached hydrogens (tertiary/aromatic N) is 3. The van der Waals surface area contributed by atoms with Crippen molar-refractivity contribution in [2.45, 2.75) is 13.8 Å². The molecule has 0 unspecified atom stereocenters. The Morgan fingerprint density at radius 3 is 2.52 bits per heavy atom. The Kier molecular flexibility index (Phi) is 5.07. The molecule has 0 saturated carbocycles. The molecule has 0 bridgehead atoms. The smallest absolute Gasteiger partial charge is 0.257 e.